The third-order valence-corrected chi connectivity index (χ3v) is 4.34. The Morgan fingerprint density at radius 3 is 2.80 bits per heavy atom. The average molecular weight is 322 g/mol. The Bertz CT molecular complexity index is 634. The van der Waals surface area contributed by atoms with E-state index >= 15 is 0 Å². The maximum Gasteiger partial charge on any atom is 0.302 e. The van der Waals surface area contributed by atoms with Gasteiger partial charge in [-0.2, -0.15) is 8.42 Å². The number of nitrogens with zero attached hydrogens (tertiary/aromatic N) is 1. The molecule has 1 heterocycles. The Kier molecular flexibility index (Phi) is 4.19. The molecule has 0 aromatic heterocycles. The summed E-state index contributed by atoms with van der Waals surface area (Å²) in [6.07, 6.45) is -0.0172. The summed E-state index contributed by atoms with van der Waals surface area (Å²) in [6, 6.07) is 4.96. The monoisotopic (exact) mass is 321 g/mol. The van der Waals surface area contributed by atoms with Crippen LogP contribution in [0.1, 0.15) is 6.42 Å². The van der Waals surface area contributed by atoms with Crippen molar-refractivity contribution in [3.63, 3.8) is 0 Å². The largest absolute Gasteiger partial charge is 0.495 e. The van der Waals surface area contributed by atoms with Crippen LogP contribution in [0.3, 0.4) is 0 Å². The van der Waals surface area contributed by atoms with Crippen molar-refractivity contribution in [2.75, 3.05) is 24.3 Å². The predicted octanol–water partition coefficient (Wildman–Crippen LogP) is 2.00. The van der Waals surface area contributed by atoms with Crippen LogP contribution >= 0.6 is 11.6 Å². The van der Waals surface area contributed by atoms with Crippen molar-refractivity contribution in [3.05, 3.63) is 23.2 Å². The molecule has 1 amide bonds. The minimum absolute atomic E-state index is 0.0172. The molecule has 2 rings (SSSR count). The van der Waals surface area contributed by atoms with Gasteiger partial charge in [0.25, 0.3) is 0 Å². The van der Waals surface area contributed by atoms with Gasteiger partial charge in [-0.25, -0.2) is 0 Å². The van der Waals surface area contributed by atoms with Crippen molar-refractivity contribution in [1.82, 2.24) is 0 Å². The first-order valence-electron chi connectivity index (χ1n) is 5.87. The number of methoxy groups -OCH3 is 1. The number of hydrogen-bond acceptors (Lipinski definition) is 4. The van der Waals surface area contributed by atoms with Gasteiger partial charge in [0.05, 0.1) is 18.6 Å². The first-order chi connectivity index (χ1) is 9.31. The minimum Gasteiger partial charge on any atom is -0.495 e. The summed E-state index contributed by atoms with van der Waals surface area (Å²) in [5, 5.41) is 0.270. The van der Waals surface area contributed by atoms with Crippen LogP contribution < -0.4 is 9.64 Å². The van der Waals surface area contributed by atoms with Gasteiger partial charge >= 0.3 is 10.2 Å². The van der Waals surface area contributed by atoms with Crippen molar-refractivity contribution in [1.29, 1.82) is 0 Å². The lowest BCUT2D eigenvalue weighted by molar-refractivity contribution is -0.117. The number of carbonyl (C=O) groups is 1. The van der Waals surface area contributed by atoms with Crippen LogP contribution in [0.15, 0.2) is 18.2 Å². The summed E-state index contributed by atoms with van der Waals surface area (Å²) < 4.78 is 39.1. The van der Waals surface area contributed by atoms with E-state index < -0.39 is 21.9 Å². The molecule has 1 aliphatic rings. The maximum atomic E-state index is 12.7. The molecule has 1 unspecified atom stereocenters. The zero-order chi connectivity index (χ0) is 14.9. The van der Waals surface area contributed by atoms with Crippen LogP contribution in [0, 0.1) is 5.92 Å². The number of benzene rings is 1. The molecule has 0 bridgehead atoms. The van der Waals surface area contributed by atoms with E-state index in [0.717, 1.165) is 0 Å². The number of halogens is 2. The van der Waals surface area contributed by atoms with Gasteiger partial charge in [-0.05, 0) is 12.1 Å². The second-order valence-corrected chi connectivity index (χ2v) is 6.36. The van der Waals surface area contributed by atoms with E-state index in [1.165, 1.54) is 12.0 Å². The third-order valence-electron chi connectivity index (χ3n) is 3.09. The Morgan fingerprint density at radius 2 is 2.20 bits per heavy atom. The summed E-state index contributed by atoms with van der Waals surface area (Å²) in [5.41, 5.74) is 0.440. The smallest absolute Gasteiger partial charge is 0.302 e. The van der Waals surface area contributed by atoms with Gasteiger partial charge in [0.15, 0.2) is 0 Å². The molecule has 8 heteroatoms. The second-order valence-electron chi connectivity index (χ2n) is 4.57. The minimum atomic E-state index is -4.60. The molecule has 0 N–H and O–H groups in total. The number of amides is 1. The Hall–Kier alpha value is -1.34. The van der Waals surface area contributed by atoms with Crippen molar-refractivity contribution in [2.24, 2.45) is 5.92 Å². The molecular weight excluding hydrogens is 309 g/mol. The van der Waals surface area contributed by atoms with E-state index in [0.29, 0.717) is 11.4 Å². The van der Waals surface area contributed by atoms with Crippen molar-refractivity contribution < 1.29 is 21.8 Å². The Balaban J connectivity index is 2.24. The normalized spacial score (nSPS) is 19.4. The third kappa shape index (κ3) is 3.21. The molecule has 0 spiro atoms. The highest BCUT2D eigenvalue weighted by atomic mass is 35.5. The van der Waals surface area contributed by atoms with Crippen LogP contribution in [-0.4, -0.2) is 33.7 Å². The van der Waals surface area contributed by atoms with E-state index in [4.69, 9.17) is 16.3 Å². The van der Waals surface area contributed by atoms with Gasteiger partial charge in [-0.1, -0.05) is 17.7 Å². The van der Waals surface area contributed by atoms with E-state index in [1.54, 1.807) is 18.2 Å². The first-order valence-corrected chi connectivity index (χ1v) is 7.80. The molecule has 1 fully saturated rings. The zero-order valence-electron chi connectivity index (χ0n) is 10.7. The number of ether oxygens (including phenoxy) is 1. The summed E-state index contributed by atoms with van der Waals surface area (Å²) in [7, 11) is -3.14. The van der Waals surface area contributed by atoms with Crippen molar-refractivity contribution >= 4 is 33.4 Å². The molecule has 0 saturated carbocycles. The maximum absolute atomic E-state index is 12.7. The van der Waals surface area contributed by atoms with Crippen LogP contribution in [0.2, 0.25) is 5.02 Å². The highest BCUT2D eigenvalue weighted by molar-refractivity contribution is 7.86. The quantitative estimate of drug-likeness (QED) is 0.796. The van der Waals surface area contributed by atoms with E-state index in [2.05, 4.69) is 0 Å². The molecule has 1 saturated heterocycles. The van der Waals surface area contributed by atoms with E-state index in [9.17, 15) is 17.1 Å². The fourth-order valence-electron chi connectivity index (χ4n) is 2.27. The molecule has 110 valence electrons. The first kappa shape index (κ1) is 15.1. The average Bonchev–Trinajstić information content (AvgIpc) is 2.68. The van der Waals surface area contributed by atoms with Crippen LogP contribution in [0.4, 0.5) is 9.57 Å². The van der Waals surface area contributed by atoms with Gasteiger partial charge in [0, 0.05) is 18.9 Å². The topological polar surface area (TPSA) is 63.7 Å². The second kappa shape index (κ2) is 5.57. The van der Waals surface area contributed by atoms with Crippen LogP contribution in [0.5, 0.6) is 5.75 Å². The summed E-state index contributed by atoms with van der Waals surface area (Å²) in [4.78, 5) is 13.3. The summed E-state index contributed by atoms with van der Waals surface area (Å²) >= 11 is 6.12. The standard InChI is InChI=1S/C12H13ClFNO4S/c1-19-10-4-2-3-9(12(10)13)15-6-8(5-11(15)16)7-20(14,17)18/h2-4,8H,5-7H2,1H3. The molecule has 0 aliphatic carbocycles. The Morgan fingerprint density at radius 1 is 1.50 bits per heavy atom. The fraction of sp³-hybridized carbons (Fsp3) is 0.417. The molecule has 20 heavy (non-hydrogen) atoms. The Labute approximate surface area is 121 Å². The summed E-state index contributed by atoms with van der Waals surface area (Å²) in [5.74, 6) is -1.09. The molecule has 1 aromatic carbocycles. The van der Waals surface area contributed by atoms with Gasteiger partial charge in [-0.3, -0.25) is 4.79 Å². The number of hydrogen-bond donors (Lipinski definition) is 0. The van der Waals surface area contributed by atoms with Gasteiger partial charge in [-0.15, -0.1) is 3.89 Å². The SMILES string of the molecule is COc1cccc(N2CC(CS(=O)(=O)F)CC2=O)c1Cl. The lowest BCUT2D eigenvalue weighted by atomic mass is 10.1. The molecule has 1 aromatic rings. The van der Waals surface area contributed by atoms with Crippen molar-refractivity contribution in [2.45, 2.75) is 6.42 Å². The number of anilines is 1. The summed E-state index contributed by atoms with van der Waals surface area (Å²) in [6.45, 7) is 0.120. The lowest BCUT2D eigenvalue weighted by Crippen LogP contribution is -2.25. The molecule has 1 atom stereocenters. The molecule has 5 nitrogen and oxygen atoms in total. The lowest BCUT2D eigenvalue weighted by Gasteiger charge is -2.19. The van der Waals surface area contributed by atoms with Crippen LogP contribution in [0.25, 0.3) is 0 Å². The highest BCUT2D eigenvalue weighted by Gasteiger charge is 2.34. The van der Waals surface area contributed by atoms with Gasteiger partial charge in [0.2, 0.25) is 5.91 Å². The van der Waals surface area contributed by atoms with Gasteiger partial charge < -0.3 is 9.64 Å². The molecule has 1 aliphatic heterocycles. The zero-order valence-corrected chi connectivity index (χ0v) is 12.2. The number of rotatable bonds is 4. The van der Waals surface area contributed by atoms with Gasteiger partial charge in [0.1, 0.15) is 10.8 Å². The fourth-order valence-corrected chi connectivity index (χ4v) is 3.36. The van der Waals surface area contributed by atoms with Crippen molar-refractivity contribution in [3.8, 4) is 5.75 Å². The van der Waals surface area contributed by atoms with E-state index in [1.807, 2.05) is 0 Å². The molecule has 0 radical (unpaired) electrons. The van der Waals surface area contributed by atoms with E-state index in [-0.39, 0.29) is 23.9 Å². The van der Waals surface area contributed by atoms with Crippen LogP contribution in [-0.2, 0) is 15.0 Å². The highest BCUT2D eigenvalue weighted by Crippen LogP contribution is 2.37. The molecular formula is C12H13ClFNO4S. The predicted molar refractivity (Wildman–Crippen MR) is 73.4 cm³/mol. The number of carbonyl (C=O) groups excluding carboxylic acids is 1.